The number of benzene rings is 3. The molecule has 0 unspecified atom stereocenters. The van der Waals surface area contributed by atoms with Gasteiger partial charge in [-0.15, -0.1) is 0 Å². The first-order valence-corrected chi connectivity index (χ1v) is 14.3. The summed E-state index contributed by atoms with van der Waals surface area (Å²) in [6.45, 7) is 1.94. The standard InChI is InChI=1S/C28H30ClN3O6S/c1-3-24(28(34)30-2)31(18-20-9-7-8-12-23(20)29)27(33)19-32(39(35,36)22-10-5-4-6-11-22)21-13-14-25-26(17-21)38-16-15-37-25/h4-14,17,24H,3,15-16,18-19H2,1-2H3,(H,30,34)/t24-/m0/s1. The third-order valence-electron chi connectivity index (χ3n) is 6.35. The molecule has 0 radical (unpaired) electrons. The zero-order chi connectivity index (χ0) is 28.0. The van der Waals surface area contributed by atoms with Gasteiger partial charge >= 0.3 is 0 Å². The number of ether oxygens (including phenoxy) is 2. The van der Waals surface area contributed by atoms with Crippen molar-refractivity contribution < 1.29 is 27.5 Å². The smallest absolute Gasteiger partial charge is 0.264 e. The topological polar surface area (TPSA) is 105 Å². The van der Waals surface area contributed by atoms with Crippen molar-refractivity contribution in [3.05, 3.63) is 83.4 Å². The fourth-order valence-corrected chi connectivity index (χ4v) is 5.95. The van der Waals surface area contributed by atoms with Crippen molar-refractivity contribution in [3.63, 3.8) is 0 Å². The van der Waals surface area contributed by atoms with E-state index in [4.69, 9.17) is 21.1 Å². The van der Waals surface area contributed by atoms with Crippen molar-refractivity contribution in [1.82, 2.24) is 10.2 Å². The van der Waals surface area contributed by atoms with E-state index in [1.807, 2.05) is 0 Å². The van der Waals surface area contributed by atoms with E-state index in [1.165, 1.54) is 30.1 Å². The summed E-state index contributed by atoms with van der Waals surface area (Å²) in [6.07, 6.45) is 0.311. The molecule has 0 fully saturated rings. The molecule has 0 saturated heterocycles. The minimum atomic E-state index is -4.19. The van der Waals surface area contributed by atoms with Gasteiger partial charge in [-0.1, -0.05) is 54.9 Å². The SMILES string of the molecule is CC[C@@H](C(=O)NC)N(Cc1ccccc1Cl)C(=O)CN(c1ccc2c(c1)OCCO2)S(=O)(=O)c1ccccc1. The third kappa shape index (κ3) is 6.29. The maximum Gasteiger partial charge on any atom is 0.264 e. The molecule has 0 spiro atoms. The highest BCUT2D eigenvalue weighted by Gasteiger charge is 2.34. The van der Waals surface area contributed by atoms with Crippen molar-refractivity contribution in [3.8, 4) is 11.5 Å². The Hall–Kier alpha value is -3.76. The monoisotopic (exact) mass is 571 g/mol. The Labute approximate surface area is 233 Å². The Morgan fingerprint density at radius 1 is 0.974 bits per heavy atom. The lowest BCUT2D eigenvalue weighted by molar-refractivity contribution is -0.140. The first-order chi connectivity index (χ1) is 18.8. The summed E-state index contributed by atoms with van der Waals surface area (Å²) in [7, 11) is -2.70. The molecule has 206 valence electrons. The van der Waals surface area contributed by atoms with E-state index < -0.39 is 28.5 Å². The van der Waals surface area contributed by atoms with Crippen molar-refractivity contribution in [2.24, 2.45) is 0 Å². The van der Waals surface area contributed by atoms with E-state index in [0.717, 1.165) is 4.31 Å². The molecule has 1 atom stereocenters. The van der Waals surface area contributed by atoms with E-state index in [2.05, 4.69) is 5.32 Å². The Morgan fingerprint density at radius 3 is 2.31 bits per heavy atom. The second-order valence-electron chi connectivity index (χ2n) is 8.80. The van der Waals surface area contributed by atoms with Crippen LogP contribution in [0.25, 0.3) is 0 Å². The number of nitrogens with zero attached hydrogens (tertiary/aromatic N) is 2. The third-order valence-corrected chi connectivity index (χ3v) is 8.51. The van der Waals surface area contributed by atoms with Crippen LogP contribution in [-0.4, -0.2) is 58.0 Å². The lowest BCUT2D eigenvalue weighted by Gasteiger charge is -2.33. The number of nitrogens with one attached hydrogen (secondary N) is 1. The summed E-state index contributed by atoms with van der Waals surface area (Å²) in [5.41, 5.74) is 0.855. The highest BCUT2D eigenvalue weighted by molar-refractivity contribution is 7.92. The Bertz CT molecular complexity index is 1430. The lowest BCUT2D eigenvalue weighted by atomic mass is 10.1. The molecule has 0 bridgehead atoms. The van der Waals surface area contributed by atoms with E-state index in [0.29, 0.717) is 41.7 Å². The minimum absolute atomic E-state index is 0.0173. The van der Waals surface area contributed by atoms with E-state index >= 15 is 0 Å². The molecule has 1 N–H and O–H groups in total. The van der Waals surface area contributed by atoms with Gasteiger partial charge in [-0.25, -0.2) is 8.42 Å². The van der Waals surface area contributed by atoms with Gasteiger partial charge in [0.25, 0.3) is 10.0 Å². The number of carbonyl (C=O) groups is 2. The quantitative estimate of drug-likeness (QED) is 0.396. The molecule has 0 aromatic heterocycles. The Kier molecular flexibility index (Phi) is 8.98. The zero-order valence-electron chi connectivity index (χ0n) is 21.7. The van der Waals surface area contributed by atoms with Crippen LogP contribution in [0.4, 0.5) is 5.69 Å². The number of halogens is 1. The van der Waals surface area contributed by atoms with Crippen LogP contribution in [0.3, 0.4) is 0 Å². The number of carbonyl (C=O) groups excluding carboxylic acids is 2. The van der Waals surface area contributed by atoms with Crippen LogP contribution in [0.1, 0.15) is 18.9 Å². The fourth-order valence-electron chi connectivity index (χ4n) is 4.33. The van der Waals surface area contributed by atoms with E-state index in [1.54, 1.807) is 61.5 Å². The summed E-state index contributed by atoms with van der Waals surface area (Å²) in [4.78, 5) is 28.2. The summed E-state index contributed by atoms with van der Waals surface area (Å²) < 4.78 is 40.0. The largest absolute Gasteiger partial charge is 0.486 e. The molecule has 9 nitrogen and oxygen atoms in total. The molecule has 1 aliphatic rings. The van der Waals surface area contributed by atoms with Gasteiger partial charge < -0.3 is 19.7 Å². The highest BCUT2D eigenvalue weighted by atomic mass is 35.5. The van der Waals surface area contributed by atoms with Crippen LogP contribution in [-0.2, 0) is 26.2 Å². The molecule has 3 aromatic rings. The number of rotatable bonds is 10. The summed E-state index contributed by atoms with van der Waals surface area (Å²) in [6, 6.07) is 18.7. The average Bonchev–Trinajstić information content (AvgIpc) is 2.96. The molecule has 39 heavy (non-hydrogen) atoms. The number of hydrogen-bond donors (Lipinski definition) is 1. The van der Waals surface area contributed by atoms with Gasteiger partial charge in [0.2, 0.25) is 11.8 Å². The normalized spacial score (nSPS) is 13.3. The number of hydrogen-bond acceptors (Lipinski definition) is 6. The number of fused-ring (bicyclic) bond motifs is 1. The number of anilines is 1. The Balaban J connectivity index is 1.76. The molecule has 1 aliphatic heterocycles. The molecule has 11 heteroatoms. The fraction of sp³-hybridized carbons (Fsp3) is 0.286. The van der Waals surface area contributed by atoms with Crippen LogP contribution in [0.15, 0.2) is 77.7 Å². The van der Waals surface area contributed by atoms with Crippen LogP contribution in [0.2, 0.25) is 5.02 Å². The van der Waals surface area contributed by atoms with E-state index in [9.17, 15) is 18.0 Å². The van der Waals surface area contributed by atoms with Crippen LogP contribution < -0.4 is 19.1 Å². The highest BCUT2D eigenvalue weighted by Crippen LogP contribution is 2.36. The first-order valence-electron chi connectivity index (χ1n) is 12.5. The molecular formula is C28H30ClN3O6S. The van der Waals surface area contributed by atoms with E-state index in [-0.39, 0.29) is 23.0 Å². The molecule has 4 rings (SSSR count). The average molecular weight is 572 g/mol. The van der Waals surface area contributed by atoms with Gasteiger partial charge in [0.05, 0.1) is 10.6 Å². The lowest BCUT2D eigenvalue weighted by Crippen LogP contribution is -2.51. The second-order valence-corrected chi connectivity index (χ2v) is 11.1. The first kappa shape index (κ1) is 28.3. The summed E-state index contributed by atoms with van der Waals surface area (Å²) in [5, 5.41) is 3.03. The van der Waals surface area contributed by atoms with Gasteiger partial charge in [-0.3, -0.25) is 13.9 Å². The predicted octanol–water partition coefficient (Wildman–Crippen LogP) is 3.86. The van der Waals surface area contributed by atoms with Crippen LogP contribution in [0.5, 0.6) is 11.5 Å². The van der Waals surface area contributed by atoms with Gasteiger partial charge in [0.15, 0.2) is 11.5 Å². The molecular weight excluding hydrogens is 542 g/mol. The molecule has 0 aliphatic carbocycles. The molecule has 0 saturated carbocycles. The molecule has 2 amide bonds. The Morgan fingerprint density at radius 2 is 1.64 bits per heavy atom. The van der Waals surface area contributed by atoms with Gasteiger partial charge in [0.1, 0.15) is 25.8 Å². The molecule has 1 heterocycles. The maximum atomic E-state index is 14.0. The number of sulfonamides is 1. The summed E-state index contributed by atoms with van der Waals surface area (Å²) in [5.74, 6) is -0.0713. The number of amides is 2. The van der Waals surface area contributed by atoms with Crippen molar-refractivity contribution in [2.75, 3.05) is 31.1 Å². The maximum absolute atomic E-state index is 14.0. The van der Waals surface area contributed by atoms with Gasteiger partial charge in [-0.2, -0.15) is 0 Å². The number of likely N-dealkylation sites (N-methyl/N-ethyl adjacent to an activating group) is 1. The van der Waals surface area contributed by atoms with Crippen LogP contribution >= 0.6 is 11.6 Å². The van der Waals surface area contributed by atoms with Gasteiger partial charge in [0, 0.05) is 24.7 Å². The van der Waals surface area contributed by atoms with Crippen molar-refractivity contribution in [2.45, 2.75) is 30.8 Å². The second kappa shape index (κ2) is 12.4. The molecule has 3 aromatic carbocycles. The van der Waals surface area contributed by atoms with Gasteiger partial charge in [-0.05, 0) is 42.3 Å². The zero-order valence-corrected chi connectivity index (χ0v) is 23.2. The van der Waals surface area contributed by atoms with Crippen LogP contribution in [0, 0.1) is 0 Å². The van der Waals surface area contributed by atoms with Crippen molar-refractivity contribution >= 4 is 39.1 Å². The minimum Gasteiger partial charge on any atom is -0.486 e. The van der Waals surface area contributed by atoms with Crippen molar-refractivity contribution in [1.29, 1.82) is 0 Å². The summed E-state index contributed by atoms with van der Waals surface area (Å²) >= 11 is 6.39. The predicted molar refractivity (Wildman–Crippen MR) is 149 cm³/mol.